The highest BCUT2D eigenvalue weighted by molar-refractivity contribution is 6.10. The summed E-state index contributed by atoms with van der Waals surface area (Å²) in [5.41, 5.74) is 7.30. The Morgan fingerprint density at radius 3 is 2.33 bits per heavy atom. The van der Waals surface area contributed by atoms with Crippen molar-refractivity contribution in [1.29, 1.82) is 0 Å². The molecule has 0 saturated carbocycles. The van der Waals surface area contributed by atoms with Gasteiger partial charge in [0.05, 0.1) is 5.69 Å². The Morgan fingerprint density at radius 1 is 1.05 bits per heavy atom. The number of hydrogen-bond acceptors (Lipinski definition) is 1. The Labute approximate surface area is 128 Å². The molecule has 0 aliphatic heterocycles. The fourth-order valence-electron chi connectivity index (χ4n) is 2.53. The predicted octanol–water partition coefficient (Wildman–Crippen LogP) is 5.67. The molecule has 0 N–H and O–H groups in total. The summed E-state index contributed by atoms with van der Waals surface area (Å²) in [4.78, 5) is 4.69. The second-order valence-corrected chi connectivity index (χ2v) is 5.36. The minimum Gasteiger partial charge on any atom is -0.256 e. The first-order chi connectivity index (χ1) is 10.1. The third-order valence-electron chi connectivity index (χ3n) is 3.58. The molecule has 1 nitrogen and oxygen atoms in total. The summed E-state index contributed by atoms with van der Waals surface area (Å²) in [6, 6.07) is 14.9. The molecule has 1 heteroatoms. The van der Waals surface area contributed by atoms with Gasteiger partial charge in [0.1, 0.15) is 0 Å². The van der Waals surface area contributed by atoms with E-state index < -0.39 is 0 Å². The van der Waals surface area contributed by atoms with Crippen molar-refractivity contribution in [1.82, 2.24) is 0 Å². The Balaban J connectivity index is 2.33. The van der Waals surface area contributed by atoms with Gasteiger partial charge in [-0.2, -0.15) is 0 Å². The zero-order chi connectivity index (χ0) is 15.2. The van der Waals surface area contributed by atoms with Crippen LogP contribution >= 0.6 is 0 Å². The van der Waals surface area contributed by atoms with E-state index in [0.29, 0.717) is 0 Å². The van der Waals surface area contributed by atoms with Gasteiger partial charge in [0, 0.05) is 6.21 Å². The van der Waals surface area contributed by atoms with Crippen LogP contribution in [0.1, 0.15) is 36.1 Å². The van der Waals surface area contributed by atoms with E-state index in [9.17, 15) is 0 Å². The van der Waals surface area contributed by atoms with E-state index in [2.05, 4.69) is 70.2 Å². The second-order valence-electron chi connectivity index (χ2n) is 5.36. The van der Waals surface area contributed by atoms with Crippen LogP contribution in [0.3, 0.4) is 0 Å². The lowest BCUT2D eigenvalue weighted by atomic mass is 10.0. The van der Waals surface area contributed by atoms with Gasteiger partial charge in [-0.1, -0.05) is 60.5 Å². The minimum atomic E-state index is 1.00. The first-order valence-corrected chi connectivity index (χ1v) is 7.51. The molecule has 0 unspecified atom stereocenters. The van der Waals surface area contributed by atoms with Crippen LogP contribution < -0.4 is 0 Å². The largest absolute Gasteiger partial charge is 0.256 e. The van der Waals surface area contributed by atoms with E-state index in [0.717, 1.165) is 17.7 Å². The zero-order valence-electron chi connectivity index (χ0n) is 13.4. The third kappa shape index (κ3) is 3.91. The lowest BCUT2D eigenvalue weighted by molar-refractivity contribution is 1.13. The smallest absolute Gasteiger partial charge is 0.0661 e. The summed E-state index contributed by atoms with van der Waals surface area (Å²) >= 11 is 0. The first-order valence-electron chi connectivity index (χ1n) is 7.51. The molecular formula is C20H23N. The highest BCUT2D eigenvalue weighted by Gasteiger charge is 2.01. The van der Waals surface area contributed by atoms with Crippen molar-refractivity contribution < 1.29 is 0 Å². The molecule has 0 heterocycles. The summed E-state index contributed by atoms with van der Waals surface area (Å²) in [6.45, 7) is 8.49. The van der Waals surface area contributed by atoms with Gasteiger partial charge >= 0.3 is 0 Å². The summed E-state index contributed by atoms with van der Waals surface area (Å²) in [5, 5.41) is 0. The first kappa shape index (κ1) is 15.2. The van der Waals surface area contributed by atoms with Crippen LogP contribution in [0.4, 0.5) is 5.69 Å². The van der Waals surface area contributed by atoms with Crippen LogP contribution in [0.15, 0.2) is 53.5 Å². The molecule has 0 aliphatic carbocycles. The SMILES string of the molecule is C/C=C(\C=Nc1ccccc1CC)c1cc(C)cc(C)c1. The quantitative estimate of drug-likeness (QED) is 0.638. The Morgan fingerprint density at radius 2 is 1.71 bits per heavy atom. The van der Waals surface area contributed by atoms with Crippen LogP contribution in [0.2, 0.25) is 0 Å². The van der Waals surface area contributed by atoms with Crippen LogP contribution in [0, 0.1) is 13.8 Å². The monoisotopic (exact) mass is 277 g/mol. The number of para-hydroxylation sites is 1. The number of aryl methyl sites for hydroxylation is 3. The lowest BCUT2D eigenvalue weighted by Gasteiger charge is -2.06. The average Bonchev–Trinajstić information content (AvgIpc) is 2.47. The Bertz CT molecular complexity index is 658. The maximum absolute atomic E-state index is 4.69. The summed E-state index contributed by atoms with van der Waals surface area (Å²) in [6.07, 6.45) is 5.09. The van der Waals surface area contributed by atoms with Crippen molar-refractivity contribution >= 4 is 17.5 Å². The lowest BCUT2D eigenvalue weighted by Crippen LogP contribution is -1.89. The van der Waals surface area contributed by atoms with Gasteiger partial charge in [-0.05, 0) is 50.0 Å². The molecule has 0 aromatic heterocycles. The van der Waals surface area contributed by atoms with E-state index in [1.54, 1.807) is 0 Å². The normalized spacial score (nSPS) is 12.1. The van der Waals surface area contributed by atoms with Crippen LogP contribution in [0.5, 0.6) is 0 Å². The van der Waals surface area contributed by atoms with E-state index in [1.807, 2.05) is 12.3 Å². The molecule has 0 radical (unpaired) electrons. The van der Waals surface area contributed by atoms with Crippen molar-refractivity contribution in [3.63, 3.8) is 0 Å². The van der Waals surface area contributed by atoms with E-state index in [4.69, 9.17) is 4.99 Å². The highest BCUT2D eigenvalue weighted by atomic mass is 14.7. The van der Waals surface area contributed by atoms with Gasteiger partial charge in [0.2, 0.25) is 0 Å². The van der Waals surface area contributed by atoms with E-state index in [1.165, 1.54) is 22.3 Å². The Kier molecular flexibility index (Phi) is 5.10. The number of nitrogens with zero attached hydrogens (tertiary/aromatic N) is 1. The molecule has 2 rings (SSSR count). The number of benzene rings is 2. The van der Waals surface area contributed by atoms with Crippen molar-refractivity contribution in [3.05, 3.63) is 70.8 Å². The molecule has 2 aromatic carbocycles. The molecule has 0 atom stereocenters. The number of aliphatic imine (C=N–C) groups is 1. The van der Waals surface area contributed by atoms with Crippen molar-refractivity contribution in [2.75, 3.05) is 0 Å². The number of hydrogen-bond donors (Lipinski definition) is 0. The number of allylic oxidation sites excluding steroid dienone is 2. The van der Waals surface area contributed by atoms with Crippen molar-refractivity contribution in [3.8, 4) is 0 Å². The van der Waals surface area contributed by atoms with Crippen LogP contribution in [0.25, 0.3) is 5.57 Å². The van der Waals surface area contributed by atoms with Gasteiger partial charge in [-0.15, -0.1) is 0 Å². The van der Waals surface area contributed by atoms with Gasteiger partial charge in [-0.3, -0.25) is 4.99 Å². The summed E-state index contributed by atoms with van der Waals surface area (Å²) in [5.74, 6) is 0. The predicted molar refractivity (Wildman–Crippen MR) is 93.5 cm³/mol. The molecule has 108 valence electrons. The molecule has 0 aliphatic rings. The molecule has 0 bridgehead atoms. The fraction of sp³-hybridized carbons (Fsp3) is 0.250. The molecule has 0 spiro atoms. The summed E-state index contributed by atoms with van der Waals surface area (Å²) in [7, 11) is 0. The van der Waals surface area contributed by atoms with Crippen molar-refractivity contribution in [2.24, 2.45) is 4.99 Å². The molecule has 0 amide bonds. The maximum atomic E-state index is 4.69. The zero-order valence-corrected chi connectivity index (χ0v) is 13.4. The topological polar surface area (TPSA) is 12.4 Å². The minimum absolute atomic E-state index is 1.00. The molecule has 0 fully saturated rings. The number of rotatable bonds is 4. The van der Waals surface area contributed by atoms with Gasteiger partial charge in [0.25, 0.3) is 0 Å². The molecule has 2 aromatic rings. The molecular weight excluding hydrogens is 254 g/mol. The van der Waals surface area contributed by atoms with Crippen molar-refractivity contribution in [2.45, 2.75) is 34.1 Å². The highest BCUT2D eigenvalue weighted by Crippen LogP contribution is 2.21. The van der Waals surface area contributed by atoms with Gasteiger partial charge in [-0.25, -0.2) is 0 Å². The van der Waals surface area contributed by atoms with E-state index >= 15 is 0 Å². The summed E-state index contributed by atoms with van der Waals surface area (Å²) < 4.78 is 0. The van der Waals surface area contributed by atoms with Crippen LogP contribution in [-0.2, 0) is 6.42 Å². The molecule has 0 saturated heterocycles. The average molecular weight is 277 g/mol. The van der Waals surface area contributed by atoms with Gasteiger partial charge < -0.3 is 0 Å². The van der Waals surface area contributed by atoms with E-state index in [-0.39, 0.29) is 0 Å². The Hall–Kier alpha value is -2.15. The van der Waals surface area contributed by atoms with Gasteiger partial charge in [0.15, 0.2) is 0 Å². The standard InChI is InChI=1S/C20H23N/c1-5-17-9-7-8-10-20(17)21-14-18(6-2)19-12-15(3)11-16(4)13-19/h6-14H,5H2,1-4H3/b18-6+,21-14?. The van der Waals surface area contributed by atoms with Crippen LogP contribution in [-0.4, -0.2) is 6.21 Å². The fourth-order valence-corrected chi connectivity index (χ4v) is 2.53. The second kappa shape index (κ2) is 7.03. The third-order valence-corrected chi connectivity index (χ3v) is 3.58. The maximum Gasteiger partial charge on any atom is 0.0661 e. The molecule has 21 heavy (non-hydrogen) atoms.